The fourth-order valence-corrected chi connectivity index (χ4v) is 2.49. The van der Waals surface area contributed by atoms with Crippen LogP contribution in [0, 0.1) is 13.8 Å². The molecule has 1 heterocycles. The van der Waals surface area contributed by atoms with Crippen molar-refractivity contribution in [3.8, 4) is 0 Å². The second-order valence-electron chi connectivity index (χ2n) is 5.33. The van der Waals surface area contributed by atoms with Crippen LogP contribution in [0.4, 0.5) is 0 Å². The van der Waals surface area contributed by atoms with Crippen molar-refractivity contribution in [1.29, 1.82) is 0 Å². The van der Waals surface area contributed by atoms with Crippen LogP contribution in [0.25, 0.3) is 10.9 Å². The Morgan fingerprint density at radius 3 is 2.50 bits per heavy atom. The number of hydrogen-bond donors (Lipinski definition) is 2. The van der Waals surface area contributed by atoms with Crippen LogP contribution < -0.4 is 10.6 Å². The average Bonchev–Trinajstić information content (AvgIpc) is 2.48. The minimum atomic E-state index is -0.0975. The highest BCUT2D eigenvalue weighted by Gasteiger charge is 2.12. The molecule has 0 radical (unpaired) electrons. The summed E-state index contributed by atoms with van der Waals surface area (Å²) in [5.74, 6) is -0.159. The number of aryl methyl sites for hydroxylation is 2. The number of nitrogens with one attached hydrogen (secondary N) is 2. The molecule has 0 aliphatic carbocycles. The first-order chi connectivity index (χ1) is 10.5. The van der Waals surface area contributed by atoms with Gasteiger partial charge in [-0.1, -0.05) is 18.2 Å². The summed E-state index contributed by atoms with van der Waals surface area (Å²) in [6.07, 6.45) is 0.301. The second-order valence-corrected chi connectivity index (χ2v) is 5.33. The number of carbonyl (C=O) groups excluding carboxylic acids is 2. The number of para-hydroxylation sites is 1. The summed E-state index contributed by atoms with van der Waals surface area (Å²) < 4.78 is 0. The fraction of sp³-hybridized carbons (Fsp3) is 0.353. The van der Waals surface area contributed by atoms with Crippen molar-refractivity contribution in [2.24, 2.45) is 0 Å². The van der Waals surface area contributed by atoms with Crippen molar-refractivity contribution >= 4 is 22.7 Å². The molecular weight excluding hydrogens is 278 g/mol. The Labute approximate surface area is 130 Å². The lowest BCUT2D eigenvalue weighted by Crippen LogP contribution is -2.34. The van der Waals surface area contributed by atoms with E-state index in [1.165, 1.54) is 6.92 Å². The van der Waals surface area contributed by atoms with Crippen LogP contribution in [0.3, 0.4) is 0 Å². The first-order valence-corrected chi connectivity index (χ1v) is 7.35. The quantitative estimate of drug-likeness (QED) is 0.825. The standard InChI is InChI=1S/C17H21N3O2/c1-11-14-6-4-5-7-16(14)20-12(2)15(11)10-17(22)19-9-8-18-13(3)21/h4-7H,8-10H2,1-3H3,(H,18,21)(H,19,22). The third-order valence-electron chi connectivity index (χ3n) is 3.64. The van der Waals surface area contributed by atoms with E-state index < -0.39 is 0 Å². The smallest absolute Gasteiger partial charge is 0.224 e. The molecule has 22 heavy (non-hydrogen) atoms. The second kappa shape index (κ2) is 7.02. The van der Waals surface area contributed by atoms with Crippen molar-refractivity contribution in [3.05, 3.63) is 41.1 Å². The molecule has 1 aromatic carbocycles. The minimum Gasteiger partial charge on any atom is -0.355 e. The number of amides is 2. The van der Waals surface area contributed by atoms with Crippen LogP contribution >= 0.6 is 0 Å². The van der Waals surface area contributed by atoms with E-state index in [0.717, 1.165) is 27.7 Å². The van der Waals surface area contributed by atoms with Gasteiger partial charge in [-0.05, 0) is 31.0 Å². The maximum Gasteiger partial charge on any atom is 0.224 e. The zero-order valence-corrected chi connectivity index (χ0v) is 13.2. The summed E-state index contributed by atoms with van der Waals surface area (Å²) in [4.78, 5) is 27.4. The zero-order chi connectivity index (χ0) is 16.1. The van der Waals surface area contributed by atoms with Gasteiger partial charge in [0.25, 0.3) is 0 Å². The average molecular weight is 299 g/mol. The Balaban J connectivity index is 2.07. The van der Waals surface area contributed by atoms with Gasteiger partial charge in [-0.25, -0.2) is 0 Å². The van der Waals surface area contributed by atoms with Crippen LogP contribution in [-0.4, -0.2) is 29.9 Å². The third kappa shape index (κ3) is 3.81. The lowest BCUT2D eigenvalue weighted by atomic mass is 9.99. The van der Waals surface area contributed by atoms with E-state index in [2.05, 4.69) is 15.6 Å². The molecule has 116 valence electrons. The number of fused-ring (bicyclic) bond motifs is 1. The minimum absolute atomic E-state index is 0.0615. The Morgan fingerprint density at radius 1 is 1.09 bits per heavy atom. The Bertz CT molecular complexity index is 710. The normalized spacial score (nSPS) is 10.5. The largest absolute Gasteiger partial charge is 0.355 e. The summed E-state index contributed by atoms with van der Waals surface area (Å²) in [5, 5.41) is 6.53. The van der Waals surface area contributed by atoms with Gasteiger partial charge < -0.3 is 10.6 Å². The highest BCUT2D eigenvalue weighted by Crippen LogP contribution is 2.22. The van der Waals surface area contributed by atoms with Gasteiger partial charge in [0.15, 0.2) is 0 Å². The molecule has 0 saturated carbocycles. The zero-order valence-electron chi connectivity index (χ0n) is 13.2. The number of hydrogen-bond acceptors (Lipinski definition) is 3. The number of aromatic nitrogens is 1. The number of carbonyl (C=O) groups is 2. The van der Waals surface area contributed by atoms with Gasteiger partial charge in [-0.15, -0.1) is 0 Å². The molecule has 2 aromatic rings. The lowest BCUT2D eigenvalue weighted by Gasteiger charge is -2.12. The van der Waals surface area contributed by atoms with Crippen LogP contribution in [0.5, 0.6) is 0 Å². The molecule has 0 aliphatic rings. The Hall–Kier alpha value is -2.43. The van der Waals surface area contributed by atoms with Gasteiger partial charge in [-0.2, -0.15) is 0 Å². The maximum atomic E-state index is 12.0. The van der Waals surface area contributed by atoms with E-state index in [1.54, 1.807) is 0 Å². The van der Waals surface area contributed by atoms with Gasteiger partial charge in [0, 0.05) is 31.1 Å². The highest BCUT2D eigenvalue weighted by atomic mass is 16.2. The van der Waals surface area contributed by atoms with Gasteiger partial charge in [0.2, 0.25) is 11.8 Å². The first kappa shape index (κ1) is 15.9. The van der Waals surface area contributed by atoms with E-state index in [9.17, 15) is 9.59 Å². The Kier molecular flexibility index (Phi) is 5.09. The maximum absolute atomic E-state index is 12.0. The first-order valence-electron chi connectivity index (χ1n) is 7.35. The number of benzene rings is 1. The molecule has 0 spiro atoms. The van der Waals surface area contributed by atoms with Gasteiger partial charge in [-0.3, -0.25) is 14.6 Å². The van der Waals surface area contributed by atoms with Crippen LogP contribution in [-0.2, 0) is 16.0 Å². The number of pyridine rings is 1. The van der Waals surface area contributed by atoms with Crippen LogP contribution in [0.15, 0.2) is 24.3 Å². The summed E-state index contributed by atoms with van der Waals surface area (Å²) >= 11 is 0. The third-order valence-corrected chi connectivity index (χ3v) is 3.64. The van der Waals surface area contributed by atoms with Crippen LogP contribution in [0.1, 0.15) is 23.7 Å². The summed E-state index contributed by atoms with van der Waals surface area (Å²) in [6, 6.07) is 7.94. The van der Waals surface area contributed by atoms with E-state index in [0.29, 0.717) is 19.5 Å². The molecule has 2 rings (SSSR count). The van der Waals surface area contributed by atoms with Crippen molar-refractivity contribution in [1.82, 2.24) is 15.6 Å². The topological polar surface area (TPSA) is 71.1 Å². The highest BCUT2D eigenvalue weighted by molar-refractivity contribution is 5.86. The predicted octanol–water partition coefficient (Wildman–Crippen LogP) is 1.65. The lowest BCUT2D eigenvalue weighted by molar-refractivity contribution is -0.121. The molecule has 5 heteroatoms. The molecule has 0 unspecified atom stereocenters. The fourth-order valence-electron chi connectivity index (χ4n) is 2.49. The van der Waals surface area contributed by atoms with Crippen molar-refractivity contribution < 1.29 is 9.59 Å². The molecular formula is C17H21N3O2. The molecule has 2 N–H and O–H groups in total. The monoisotopic (exact) mass is 299 g/mol. The SMILES string of the molecule is CC(=O)NCCNC(=O)Cc1c(C)nc2ccccc2c1C. The van der Waals surface area contributed by atoms with E-state index >= 15 is 0 Å². The number of rotatable bonds is 5. The number of nitrogens with zero attached hydrogens (tertiary/aromatic N) is 1. The van der Waals surface area contributed by atoms with E-state index in [4.69, 9.17) is 0 Å². The van der Waals surface area contributed by atoms with E-state index in [-0.39, 0.29) is 11.8 Å². The summed E-state index contributed by atoms with van der Waals surface area (Å²) in [5.41, 5.74) is 3.90. The van der Waals surface area contributed by atoms with Crippen molar-refractivity contribution in [2.75, 3.05) is 13.1 Å². The van der Waals surface area contributed by atoms with E-state index in [1.807, 2.05) is 38.1 Å². The molecule has 2 amide bonds. The van der Waals surface area contributed by atoms with Gasteiger partial charge >= 0.3 is 0 Å². The molecule has 0 bridgehead atoms. The van der Waals surface area contributed by atoms with Crippen LogP contribution in [0.2, 0.25) is 0 Å². The Morgan fingerprint density at radius 2 is 1.77 bits per heavy atom. The van der Waals surface area contributed by atoms with Crippen molar-refractivity contribution in [2.45, 2.75) is 27.2 Å². The predicted molar refractivity (Wildman–Crippen MR) is 86.6 cm³/mol. The van der Waals surface area contributed by atoms with Crippen molar-refractivity contribution in [3.63, 3.8) is 0 Å². The summed E-state index contributed by atoms with van der Waals surface area (Å²) in [7, 11) is 0. The van der Waals surface area contributed by atoms with Gasteiger partial charge in [0.05, 0.1) is 11.9 Å². The molecule has 0 atom stereocenters. The summed E-state index contributed by atoms with van der Waals surface area (Å²) in [6.45, 7) is 6.28. The van der Waals surface area contributed by atoms with Gasteiger partial charge in [0.1, 0.15) is 0 Å². The molecule has 0 fully saturated rings. The molecule has 0 aliphatic heterocycles. The molecule has 5 nitrogen and oxygen atoms in total. The molecule has 1 aromatic heterocycles. The molecule has 0 saturated heterocycles.